The molecule has 0 amide bonds. The first-order valence-corrected chi connectivity index (χ1v) is 8.41. The molecule has 1 aliphatic heterocycles. The van der Waals surface area contributed by atoms with Gasteiger partial charge in [-0.1, -0.05) is 36.5 Å². The van der Waals surface area contributed by atoms with Crippen molar-refractivity contribution in [2.24, 2.45) is 0 Å². The van der Waals surface area contributed by atoms with Gasteiger partial charge >= 0.3 is 0 Å². The van der Waals surface area contributed by atoms with Crippen LogP contribution in [0.3, 0.4) is 0 Å². The number of thiocarbonyl (C=S) groups is 1. The summed E-state index contributed by atoms with van der Waals surface area (Å²) in [5.74, 6) is 0. The molecular weight excluding hydrogens is 356 g/mol. The van der Waals surface area contributed by atoms with Gasteiger partial charge in [-0.3, -0.25) is 20.2 Å². The summed E-state index contributed by atoms with van der Waals surface area (Å²) in [7, 11) is 0. The van der Waals surface area contributed by atoms with Crippen molar-refractivity contribution in [1.82, 2.24) is 4.90 Å². The van der Waals surface area contributed by atoms with Gasteiger partial charge in [-0.05, 0) is 12.1 Å². The number of para-hydroxylation sites is 3. The molecule has 134 valence electrons. The van der Waals surface area contributed by atoms with Crippen molar-refractivity contribution in [3.8, 4) is 0 Å². The number of anilines is 1. The van der Waals surface area contributed by atoms with Crippen molar-refractivity contribution in [2.45, 2.75) is 0 Å². The van der Waals surface area contributed by atoms with E-state index in [0.29, 0.717) is 42.4 Å². The third-order valence-electron chi connectivity index (χ3n) is 4.32. The van der Waals surface area contributed by atoms with Crippen LogP contribution < -0.4 is 4.90 Å². The normalized spacial score (nSPS) is 14.2. The van der Waals surface area contributed by atoms with Gasteiger partial charge in [0.25, 0.3) is 11.4 Å². The second-order valence-electron chi connectivity index (χ2n) is 5.80. The van der Waals surface area contributed by atoms with E-state index >= 15 is 0 Å². The molecule has 0 aliphatic carbocycles. The Morgan fingerprint density at radius 2 is 1.38 bits per heavy atom. The molecule has 0 unspecified atom stereocenters. The molecule has 2 aromatic carbocycles. The number of hydrogen-bond acceptors (Lipinski definition) is 6. The summed E-state index contributed by atoms with van der Waals surface area (Å²) in [5, 5.41) is 22.4. The molecule has 26 heavy (non-hydrogen) atoms. The molecular formula is C17H16N4O4S. The monoisotopic (exact) mass is 372 g/mol. The standard InChI is InChI=1S/C17H16N4O4S/c22-20(23)14-6-2-1-5-13(14)17(26)19-11-9-18(10-12-19)15-7-3-4-8-16(15)21(24)25/h1-8H,9-12H2. The van der Waals surface area contributed by atoms with Crippen molar-refractivity contribution in [3.05, 3.63) is 74.3 Å². The summed E-state index contributed by atoms with van der Waals surface area (Å²) < 4.78 is 0. The fraction of sp³-hybridized carbons (Fsp3) is 0.235. The number of nitro groups is 2. The summed E-state index contributed by atoms with van der Waals surface area (Å²) >= 11 is 5.46. The highest BCUT2D eigenvalue weighted by atomic mass is 32.1. The fourth-order valence-corrected chi connectivity index (χ4v) is 3.38. The number of rotatable bonds is 4. The quantitative estimate of drug-likeness (QED) is 0.463. The Kier molecular flexibility index (Phi) is 5.08. The van der Waals surface area contributed by atoms with E-state index in [2.05, 4.69) is 0 Å². The summed E-state index contributed by atoms with van der Waals surface area (Å²) in [5.41, 5.74) is 1.06. The first-order valence-electron chi connectivity index (χ1n) is 8.00. The van der Waals surface area contributed by atoms with Gasteiger partial charge in [0.1, 0.15) is 10.7 Å². The van der Waals surface area contributed by atoms with Gasteiger partial charge in [0.05, 0.1) is 15.4 Å². The molecule has 0 radical (unpaired) electrons. The lowest BCUT2D eigenvalue weighted by atomic mass is 10.1. The molecule has 0 spiro atoms. The maximum Gasteiger partial charge on any atom is 0.292 e. The smallest absolute Gasteiger partial charge is 0.292 e. The van der Waals surface area contributed by atoms with Gasteiger partial charge < -0.3 is 9.80 Å². The minimum atomic E-state index is -0.439. The van der Waals surface area contributed by atoms with Crippen molar-refractivity contribution < 1.29 is 9.85 Å². The lowest BCUT2D eigenvalue weighted by Gasteiger charge is -2.37. The second-order valence-corrected chi connectivity index (χ2v) is 6.19. The van der Waals surface area contributed by atoms with Crippen molar-refractivity contribution in [1.29, 1.82) is 0 Å². The van der Waals surface area contributed by atoms with E-state index in [-0.39, 0.29) is 16.3 Å². The van der Waals surface area contributed by atoms with Gasteiger partial charge in [0.15, 0.2) is 0 Å². The highest BCUT2D eigenvalue weighted by Gasteiger charge is 2.26. The van der Waals surface area contributed by atoms with Gasteiger partial charge in [0, 0.05) is 38.3 Å². The van der Waals surface area contributed by atoms with Crippen LogP contribution in [-0.4, -0.2) is 45.9 Å². The van der Waals surface area contributed by atoms with Crippen molar-refractivity contribution >= 4 is 34.3 Å². The van der Waals surface area contributed by atoms with Crippen LogP contribution in [0.1, 0.15) is 5.56 Å². The van der Waals surface area contributed by atoms with Crippen LogP contribution >= 0.6 is 12.2 Å². The Labute approximate surface area is 154 Å². The number of nitrogens with zero attached hydrogens (tertiary/aromatic N) is 4. The Hall–Kier alpha value is -3.07. The fourth-order valence-electron chi connectivity index (χ4n) is 3.02. The maximum absolute atomic E-state index is 11.2. The van der Waals surface area contributed by atoms with E-state index in [1.54, 1.807) is 36.4 Å². The summed E-state index contributed by atoms with van der Waals surface area (Å²) in [6.45, 7) is 2.17. The molecule has 1 heterocycles. The van der Waals surface area contributed by atoms with Crippen LogP contribution in [-0.2, 0) is 0 Å². The van der Waals surface area contributed by atoms with Gasteiger partial charge in [-0.2, -0.15) is 0 Å². The van der Waals surface area contributed by atoms with Gasteiger partial charge in [0.2, 0.25) is 0 Å². The van der Waals surface area contributed by atoms with Crippen LogP contribution in [0.5, 0.6) is 0 Å². The van der Waals surface area contributed by atoms with E-state index in [4.69, 9.17) is 12.2 Å². The summed E-state index contributed by atoms with van der Waals surface area (Å²) in [6, 6.07) is 13.0. The lowest BCUT2D eigenvalue weighted by molar-refractivity contribution is -0.385. The predicted octanol–water partition coefficient (Wildman–Crippen LogP) is 3.00. The Bertz CT molecular complexity index is 865. The third-order valence-corrected chi connectivity index (χ3v) is 4.80. The van der Waals surface area contributed by atoms with Crippen LogP contribution in [0.15, 0.2) is 48.5 Å². The molecule has 0 atom stereocenters. The minimum Gasteiger partial charge on any atom is -0.362 e. The highest BCUT2D eigenvalue weighted by Crippen LogP contribution is 2.29. The summed E-state index contributed by atoms with van der Waals surface area (Å²) in [6.07, 6.45) is 0. The molecule has 0 bridgehead atoms. The highest BCUT2D eigenvalue weighted by molar-refractivity contribution is 7.80. The number of nitro benzene ring substituents is 2. The third kappa shape index (κ3) is 3.47. The average molecular weight is 372 g/mol. The second kappa shape index (κ2) is 7.44. The predicted molar refractivity (Wildman–Crippen MR) is 102 cm³/mol. The van der Waals surface area contributed by atoms with E-state index in [1.165, 1.54) is 12.1 Å². The van der Waals surface area contributed by atoms with E-state index < -0.39 is 4.92 Å². The molecule has 1 fully saturated rings. The van der Waals surface area contributed by atoms with Gasteiger partial charge in [-0.25, -0.2) is 0 Å². The topological polar surface area (TPSA) is 92.8 Å². The first-order chi connectivity index (χ1) is 12.5. The molecule has 0 aromatic heterocycles. The zero-order valence-corrected chi connectivity index (χ0v) is 14.6. The van der Waals surface area contributed by atoms with Crippen LogP contribution in [0.4, 0.5) is 17.1 Å². The van der Waals surface area contributed by atoms with E-state index in [9.17, 15) is 20.2 Å². The number of benzene rings is 2. The molecule has 1 saturated heterocycles. The van der Waals surface area contributed by atoms with Crippen LogP contribution in [0.2, 0.25) is 0 Å². The molecule has 0 N–H and O–H groups in total. The van der Waals surface area contributed by atoms with Crippen LogP contribution in [0, 0.1) is 20.2 Å². The summed E-state index contributed by atoms with van der Waals surface area (Å²) in [4.78, 5) is 25.9. The Balaban J connectivity index is 1.75. The number of hydrogen-bond donors (Lipinski definition) is 0. The van der Waals surface area contributed by atoms with Crippen LogP contribution in [0.25, 0.3) is 0 Å². The Morgan fingerprint density at radius 3 is 2.00 bits per heavy atom. The SMILES string of the molecule is O=[N+]([O-])c1ccccc1C(=S)N1CCN(c2ccccc2[N+](=O)[O-])CC1. The first kappa shape index (κ1) is 17.7. The molecule has 1 aliphatic rings. The maximum atomic E-state index is 11.2. The average Bonchev–Trinajstić information content (AvgIpc) is 2.67. The Morgan fingerprint density at radius 1 is 0.846 bits per heavy atom. The van der Waals surface area contributed by atoms with E-state index in [0.717, 1.165) is 0 Å². The number of piperazine rings is 1. The van der Waals surface area contributed by atoms with Gasteiger partial charge in [-0.15, -0.1) is 0 Å². The molecule has 8 nitrogen and oxygen atoms in total. The molecule has 2 aromatic rings. The lowest BCUT2D eigenvalue weighted by Crippen LogP contribution is -2.48. The van der Waals surface area contributed by atoms with Crippen molar-refractivity contribution in [3.63, 3.8) is 0 Å². The van der Waals surface area contributed by atoms with E-state index in [1.807, 2.05) is 9.80 Å². The zero-order chi connectivity index (χ0) is 18.7. The zero-order valence-electron chi connectivity index (χ0n) is 13.8. The largest absolute Gasteiger partial charge is 0.362 e. The molecule has 3 rings (SSSR count). The molecule has 9 heteroatoms. The minimum absolute atomic E-state index is 0.0152. The molecule has 0 saturated carbocycles. The van der Waals surface area contributed by atoms with Crippen molar-refractivity contribution in [2.75, 3.05) is 31.1 Å².